The second-order valence-corrected chi connectivity index (χ2v) is 1.34. The second-order valence-electron chi connectivity index (χ2n) is 1.34. The zero-order valence-electron chi connectivity index (χ0n) is 4.22. The van der Waals surface area contributed by atoms with E-state index in [0.717, 1.165) is 0 Å². The van der Waals surface area contributed by atoms with Crippen molar-refractivity contribution in [3.05, 3.63) is 0 Å². The Kier molecular flexibility index (Phi) is 3.93. The highest BCUT2D eigenvalue weighted by molar-refractivity contribution is 4.45. The van der Waals surface area contributed by atoms with Crippen molar-refractivity contribution in [3.8, 4) is 0 Å². The monoisotopic (exact) mass is 108 g/mol. The minimum atomic E-state index is -0.648. The fourth-order valence-corrected chi connectivity index (χ4v) is 0.191. The zero-order chi connectivity index (χ0) is 5.70. The number of halogens is 1. The molecule has 0 aliphatic heterocycles. The van der Waals surface area contributed by atoms with Gasteiger partial charge in [0.2, 0.25) is 0 Å². The molecule has 0 spiro atoms. The molecule has 0 aromatic heterocycles. The van der Waals surface area contributed by atoms with Crippen molar-refractivity contribution < 1.29 is 14.6 Å². The van der Waals surface area contributed by atoms with E-state index in [4.69, 9.17) is 5.11 Å². The predicted octanol–water partition coefficient (Wildman–Crippen LogP) is 0.658. The summed E-state index contributed by atoms with van der Waals surface area (Å²) in [6, 6.07) is 0. The summed E-state index contributed by atoms with van der Waals surface area (Å²) in [6.45, 7) is 1.54. The van der Waals surface area contributed by atoms with Crippen molar-refractivity contribution in [3.63, 3.8) is 0 Å². The van der Waals surface area contributed by atoms with Gasteiger partial charge in [-0.1, -0.05) is 6.92 Å². The van der Waals surface area contributed by atoms with Gasteiger partial charge in [0, 0.05) is 0 Å². The number of rotatable bonds is 3. The van der Waals surface area contributed by atoms with Crippen LogP contribution in [0.15, 0.2) is 0 Å². The van der Waals surface area contributed by atoms with Gasteiger partial charge in [-0.2, -0.15) is 4.94 Å². The Morgan fingerprint density at radius 1 is 1.86 bits per heavy atom. The average molecular weight is 108 g/mol. The van der Waals surface area contributed by atoms with Crippen LogP contribution >= 0.6 is 0 Å². The molecule has 0 saturated heterocycles. The quantitative estimate of drug-likeness (QED) is 0.575. The van der Waals surface area contributed by atoms with Gasteiger partial charge in [0.25, 0.3) is 0 Å². The number of aliphatic hydroxyl groups excluding tert-OH is 1. The van der Waals surface area contributed by atoms with Crippen LogP contribution in [0.5, 0.6) is 0 Å². The first-order valence-corrected chi connectivity index (χ1v) is 2.22. The lowest BCUT2D eigenvalue weighted by molar-refractivity contribution is -0.157. The lowest BCUT2D eigenvalue weighted by Gasteiger charge is -1.99. The van der Waals surface area contributed by atoms with Crippen LogP contribution in [-0.2, 0) is 4.94 Å². The Morgan fingerprint density at radius 2 is 2.43 bits per heavy atom. The summed E-state index contributed by atoms with van der Waals surface area (Å²) < 4.78 is 10.8. The van der Waals surface area contributed by atoms with E-state index in [0.29, 0.717) is 6.42 Å². The highest BCUT2D eigenvalue weighted by Crippen LogP contribution is 1.89. The molecule has 1 unspecified atom stereocenters. The Bertz CT molecular complexity index is 40.7. The molecule has 1 atom stereocenters. The normalized spacial score (nSPS) is 14.1. The molecule has 0 radical (unpaired) electrons. The molecule has 0 aliphatic carbocycles. The van der Waals surface area contributed by atoms with Gasteiger partial charge in [0.05, 0.1) is 6.10 Å². The topological polar surface area (TPSA) is 29.5 Å². The van der Waals surface area contributed by atoms with Gasteiger partial charge in [0.1, 0.15) is 6.61 Å². The van der Waals surface area contributed by atoms with Crippen molar-refractivity contribution in [2.75, 3.05) is 6.61 Å². The van der Waals surface area contributed by atoms with Gasteiger partial charge in [-0.15, -0.1) is 0 Å². The fourth-order valence-electron chi connectivity index (χ4n) is 0.191. The minimum absolute atomic E-state index is 0.212. The van der Waals surface area contributed by atoms with Crippen LogP contribution in [0.1, 0.15) is 13.3 Å². The largest absolute Gasteiger partial charge is 0.391 e. The Morgan fingerprint density at radius 3 is 2.57 bits per heavy atom. The molecule has 0 amide bonds. The third kappa shape index (κ3) is 3.69. The first-order chi connectivity index (χ1) is 3.31. The fraction of sp³-hybridized carbons (Fsp3) is 1.00. The van der Waals surface area contributed by atoms with E-state index in [1.807, 2.05) is 0 Å². The summed E-state index contributed by atoms with van der Waals surface area (Å²) in [5.74, 6) is 0. The van der Waals surface area contributed by atoms with Gasteiger partial charge >= 0.3 is 0 Å². The Balaban J connectivity index is 2.83. The molecule has 0 heterocycles. The summed E-state index contributed by atoms with van der Waals surface area (Å²) in [5.41, 5.74) is 0. The van der Waals surface area contributed by atoms with Crippen LogP contribution in [0.25, 0.3) is 0 Å². The molecule has 2 nitrogen and oxygen atoms in total. The molecule has 3 heteroatoms. The lowest BCUT2D eigenvalue weighted by atomic mass is 10.3. The van der Waals surface area contributed by atoms with E-state index >= 15 is 0 Å². The number of hydrogen-bond donors (Lipinski definition) is 1. The summed E-state index contributed by atoms with van der Waals surface area (Å²) >= 11 is 0. The maximum atomic E-state index is 10.8. The highest BCUT2D eigenvalue weighted by Gasteiger charge is 1.97. The summed E-state index contributed by atoms with van der Waals surface area (Å²) in [5, 5.41) is 8.49. The minimum Gasteiger partial charge on any atom is -0.391 e. The zero-order valence-corrected chi connectivity index (χ0v) is 4.22. The maximum Gasteiger partial charge on any atom is 0.113 e. The molecular formula is C4H9FO2. The van der Waals surface area contributed by atoms with Crippen molar-refractivity contribution in [2.45, 2.75) is 19.4 Å². The lowest BCUT2D eigenvalue weighted by Crippen LogP contribution is -2.10. The summed E-state index contributed by atoms with van der Waals surface area (Å²) in [7, 11) is 0. The van der Waals surface area contributed by atoms with Gasteiger partial charge in [0.15, 0.2) is 0 Å². The SMILES string of the molecule is CCC(O)COF. The smallest absolute Gasteiger partial charge is 0.113 e. The van der Waals surface area contributed by atoms with Gasteiger partial charge < -0.3 is 5.11 Å². The second kappa shape index (κ2) is 4.02. The maximum absolute atomic E-state index is 10.8. The van der Waals surface area contributed by atoms with Crippen LogP contribution in [0.3, 0.4) is 0 Å². The van der Waals surface area contributed by atoms with Crippen molar-refractivity contribution in [1.29, 1.82) is 0 Å². The molecule has 0 saturated carbocycles. The molecule has 44 valence electrons. The van der Waals surface area contributed by atoms with Crippen LogP contribution < -0.4 is 0 Å². The standard InChI is InChI=1S/C4H9FO2/c1-2-4(6)3-7-5/h4,6H,2-3H2,1H3. The van der Waals surface area contributed by atoms with E-state index in [1.54, 1.807) is 6.92 Å². The molecule has 0 fully saturated rings. The third-order valence-electron chi connectivity index (χ3n) is 0.727. The van der Waals surface area contributed by atoms with Crippen molar-refractivity contribution in [1.82, 2.24) is 0 Å². The number of hydrogen-bond acceptors (Lipinski definition) is 2. The third-order valence-corrected chi connectivity index (χ3v) is 0.727. The van der Waals surface area contributed by atoms with Crippen LogP contribution in [0.4, 0.5) is 4.53 Å². The predicted molar refractivity (Wildman–Crippen MR) is 23.4 cm³/mol. The van der Waals surface area contributed by atoms with Gasteiger partial charge in [-0.3, -0.25) is 0 Å². The molecule has 7 heavy (non-hydrogen) atoms. The van der Waals surface area contributed by atoms with E-state index in [-0.39, 0.29) is 6.61 Å². The van der Waals surface area contributed by atoms with E-state index < -0.39 is 6.10 Å². The average Bonchev–Trinajstić information content (AvgIpc) is 1.68. The van der Waals surface area contributed by atoms with Crippen molar-refractivity contribution >= 4 is 0 Å². The summed E-state index contributed by atoms with van der Waals surface area (Å²) in [4.78, 5) is 3.14. The Hall–Kier alpha value is -0.150. The molecule has 0 rings (SSSR count). The van der Waals surface area contributed by atoms with Gasteiger partial charge in [-0.25, -0.2) is 0 Å². The first kappa shape index (κ1) is 6.85. The van der Waals surface area contributed by atoms with Crippen LogP contribution in [0, 0.1) is 0 Å². The molecule has 0 bridgehead atoms. The van der Waals surface area contributed by atoms with E-state index in [9.17, 15) is 4.53 Å². The molecule has 1 N–H and O–H groups in total. The molecule has 0 aliphatic rings. The van der Waals surface area contributed by atoms with Gasteiger partial charge in [-0.05, 0) is 10.9 Å². The highest BCUT2D eigenvalue weighted by atomic mass is 19.3. The molecular weight excluding hydrogens is 99.0 g/mol. The Labute approximate surface area is 41.8 Å². The van der Waals surface area contributed by atoms with Crippen molar-refractivity contribution in [2.24, 2.45) is 0 Å². The molecule has 0 aromatic rings. The van der Waals surface area contributed by atoms with Crippen LogP contribution in [0.2, 0.25) is 0 Å². The number of aliphatic hydroxyl groups is 1. The summed E-state index contributed by atoms with van der Waals surface area (Å²) in [6.07, 6.45) is -0.116. The van der Waals surface area contributed by atoms with E-state index in [1.165, 1.54) is 0 Å². The first-order valence-electron chi connectivity index (χ1n) is 2.22. The van der Waals surface area contributed by atoms with E-state index in [2.05, 4.69) is 4.94 Å². The van der Waals surface area contributed by atoms with Crippen LogP contribution in [-0.4, -0.2) is 17.8 Å². The molecule has 0 aromatic carbocycles.